The molecule has 0 spiro atoms. The van der Waals surface area contributed by atoms with Crippen molar-refractivity contribution < 1.29 is 28.6 Å². The van der Waals surface area contributed by atoms with Gasteiger partial charge in [-0.15, -0.1) is 0 Å². The van der Waals surface area contributed by atoms with E-state index in [1.807, 2.05) is 36.4 Å². The van der Waals surface area contributed by atoms with Crippen molar-refractivity contribution in [1.29, 1.82) is 0 Å². The molecule has 0 aromatic heterocycles. The summed E-state index contributed by atoms with van der Waals surface area (Å²) in [6, 6.07) is 15.1. The third-order valence-corrected chi connectivity index (χ3v) is 7.33. The Morgan fingerprint density at radius 2 is 1.73 bits per heavy atom. The summed E-state index contributed by atoms with van der Waals surface area (Å²) in [4.78, 5) is 41.4. The maximum absolute atomic E-state index is 13.9. The minimum absolute atomic E-state index is 0.0204. The van der Waals surface area contributed by atoms with E-state index >= 15 is 0 Å². The fourth-order valence-electron chi connectivity index (χ4n) is 5.36. The van der Waals surface area contributed by atoms with Crippen LogP contribution in [-0.2, 0) is 30.5 Å². The van der Waals surface area contributed by atoms with Crippen LogP contribution in [0.3, 0.4) is 0 Å². The number of nitrogens with one attached hydrogen (secondary N) is 1. The second-order valence-corrected chi connectivity index (χ2v) is 11.7. The van der Waals surface area contributed by atoms with Gasteiger partial charge in [0.15, 0.2) is 0 Å². The lowest BCUT2D eigenvalue weighted by Gasteiger charge is -2.29. The monoisotopic (exact) mass is 550 g/mol. The fourth-order valence-corrected chi connectivity index (χ4v) is 5.36. The molecule has 1 saturated carbocycles. The number of ether oxygens (including phenoxy) is 3. The highest BCUT2D eigenvalue weighted by Crippen LogP contribution is 2.32. The summed E-state index contributed by atoms with van der Waals surface area (Å²) in [6.45, 7) is 5.27. The van der Waals surface area contributed by atoms with Crippen molar-refractivity contribution >= 4 is 23.5 Å². The van der Waals surface area contributed by atoms with E-state index in [-0.39, 0.29) is 25.7 Å². The van der Waals surface area contributed by atoms with E-state index in [1.54, 1.807) is 39.0 Å². The predicted octanol–water partition coefficient (Wildman–Crippen LogP) is 5.18. The number of anilines is 1. The Balaban J connectivity index is 1.51. The third kappa shape index (κ3) is 8.55. The molecule has 2 aromatic carbocycles. The molecule has 2 aromatic rings. The van der Waals surface area contributed by atoms with E-state index < -0.39 is 29.6 Å². The lowest BCUT2D eigenvalue weighted by Crippen LogP contribution is -2.55. The smallest absolute Gasteiger partial charge is 0.326 e. The first-order valence-electron chi connectivity index (χ1n) is 14.4. The molecule has 0 saturated heterocycles. The molecule has 1 aliphatic carbocycles. The van der Waals surface area contributed by atoms with Crippen LogP contribution >= 0.6 is 0 Å². The zero-order valence-corrected chi connectivity index (χ0v) is 23.9. The van der Waals surface area contributed by atoms with Crippen LogP contribution in [0.25, 0.3) is 0 Å². The fraction of sp³-hybridized carbons (Fsp3) is 0.531. The van der Waals surface area contributed by atoms with Gasteiger partial charge in [0.05, 0.1) is 5.69 Å². The number of rotatable bonds is 10. The number of hydrogen-bond acceptors (Lipinski definition) is 7. The summed E-state index contributed by atoms with van der Waals surface area (Å²) in [6.07, 6.45) is 7.45. The van der Waals surface area contributed by atoms with E-state index in [0.717, 1.165) is 24.8 Å². The van der Waals surface area contributed by atoms with Crippen LogP contribution in [0.2, 0.25) is 0 Å². The highest BCUT2D eigenvalue weighted by molar-refractivity contribution is 6.02. The van der Waals surface area contributed by atoms with Crippen molar-refractivity contribution in [1.82, 2.24) is 5.32 Å². The van der Waals surface area contributed by atoms with Gasteiger partial charge in [-0.05, 0) is 57.2 Å². The first-order valence-corrected chi connectivity index (χ1v) is 14.4. The number of para-hydroxylation sites is 2. The van der Waals surface area contributed by atoms with Gasteiger partial charge in [-0.25, -0.2) is 0 Å². The summed E-state index contributed by atoms with van der Waals surface area (Å²) in [5.74, 6) is -0.210. The summed E-state index contributed by atoms with van der Waals surface area (Å²) in [7, 11) is 0. The van der Waals surface area contributed by atoms with Gasteiger partial charge in [0.1, 0.15) is 43.2 Å². The Hall–Kier alpha value is -3.39. The molecule has 1 N–H and O–H groups in total. The highest BCUT2D eigenvalue weighted by Gasteiger charge is 2.36. The molecule has 1 aliphatic heterocycles. The zero-order valence-electron chi connectivity index (χ0n) is 23.9. The second kappa shape index (κ2) is 13.8. The minimum atomic E-state index is -0.851. The van der Waals surface area contributed by atoms with Crippen LogP contribution < -0.4 is 15.0 Å². The van der Waals surface area contributed by atoms with Crippen LogP contribution in [0.1, 0.15) is 71.3 Å². The van der Waals surface area contributed by atoms with Gasteiger partial charge in [0.2, 0.25) is 5.91 Å². The van der Waals surface area contributed by atoms with E-state index in [4.69, 9.17) is 14.2 Å². The Morgan fingerprint density at radius 3 is 2.45 bits per heavy atom. The lowest BCUT2D eigenvalue weighted by atomic mass is 9.85. The van der Waals surface area contributed by atoms with E-state index in [1.165, 1.54) is 24.2 Å². The number of nitrogens with zero attached hydrogens (tertiary/aromatic N) is 1. The summed E-state index contributed by atoms with van der Waals surface area (Å²) < 4.78 is 17.2. The van der Waals surface area contributed by atoms with Crippen LogP contribution in [0.15, 0.2) is 54.6 Å². The number of benzene rings is 2. The largest absolute Gasteiger partial charge is 0.489 e. The molecule has 0 bridgehead atoms. The molecule has 216 valence electrons. The minimum Gasteiger partial charge on any atom is -0.489 e. The lowest BCUT2D eigenvalue weighted by molar-refractivity contribution is -0.154. The average molecular weight is 551 g/mol. The van der Waals surface area contributed by atoms with E-state index in [0.29, 0.717) is 23.8 Å². The average Bonchev–Trinajstić information content (AvgIpc) is 3.06. The normalized spacial score (nSPS) is 18.7. The van der Waals surface area contributed by atoms with Crippen molar-refractivity contribution in [3.8, 4) is 5.75 Å². The first kappa shape index (κ1) is 29.6. The summed E-state index contributed by atoms with van der Waals surface area (Å²) >= 11 is 0. The Kier molecular flexibility index (Phi) is 10.2. The molecule has 2 aliphatic rings. The Bertz CT molecular complexity index is 1140. The topological polar surface area (TPSA) is 94.2 Å². The van der Waals surface area contributed by atoms with E-state index in [2.05, 4.69) is 5.32 Å². The van der Waals surface area contributed by atoms with Gasteiger partial charge in [0.25, 0.3) is 0 Å². The van der Waals surface area contributed by atoms with Crippen LogP contribution in [0.4, 0.5) is 5.69 Å². The van der Waals surface area contributed by atoms with E-state index in [9.17, 15) is 14.4 Å². The number of hydrogen-bond donors (Lipinski definition) is 1. The van der Waals surface area contributed by atoms with Crippen molar-refractivity contribution in [2.75, 3.05) is 18.1 Å². The third-order valence-electron chi connectivity index (χ3n) is 7.33. The van der Waals surface area contributed by atoms with Gasteiger partial charge < -0.3 is 14.2 Å². The molecule has 1 amide bonds. The SMILES string of the molecule is CC(C)(C)OC(=O)CN1C(=O)C(N[C@@H](CCC2CCCCC2)C(=O)OCc2ccccc2)COc2ccccc21. The van der Waals surface area contributed by atoms with Crippen molar-refractivity contribution in [2.24, 2.45) is 5.92 Å². The van der Waals surface area contributed by atoms with Gasteiger partial charge in [-0.3, -0.25) is 24.6 Å². The quantitative estimate of drug-likeness (QED) is 0.407. The van der Waals surface area contributed by atoms with Crippen LogP contribution in [0.5, 0.6) is 5.75 Å². The number of esters is 2. The van der Waals surface area contributed by atoms with Gasteiger partial charge in [-0.1, -0.05) is 74.6 Å². The molecule has 40 heavy (non-hydrogen) atoms. The Morgan fingerprint density at radius 1 is 1.02 bits per heavy atom. The number of fused-ring (bicyclic) bond motifs is 1. The maximum Gasteiger partial charge on any atom is 0.326 e. The van der Waals surface area contributed by atoms with Crippen LogP contribution in [0, 0.1) is 5.92 Å². The standard InChI is InChI=1S/C32H42N2O6/c1-32(2,3)40-29(35)20-34-27-16-10-11-17-28(27)38-22-26(30(34)36)33-25(19-18-23-12-6-4-7-13-23)31(37)39-21-24-14-8-5-9-15-24/h5,8-11,14-17,23,25-26,33H,4,6-7,12-13,18-22H2,1-3H3/t25-,26?/m0/s1. The molecule has 1 unspecified atom stereocenters. The summed E-state index contributed by atoms with van der Waals surface area (Å²) in [5.41, 5.74) is 0.703. The first-order chi connectivity index (χ1) is 19.2. The molecule has 8 nitrogen and oxygen atoms in total. The molecule has 8 heteroatoms. The van der Waals surface area contributed by atoms with Crippen molar-refractivity contribution in [2.45, 2.75) is 90.0 Å². The molecule has 0 radical (unpaired) electrons. The van der Waals surface area contributed by atoms with Crippen molar-refractivity contribution in [3.63, 3.8) is 0 Å². The van der Waals surface area contributed by atoms with Gasteiger partial charge in [0, 0.05) is 0 Å². The Labute approximate surface area is 237 Å². The molecular weight excluding hydrogens is 508 g/mol. The molecule has 2 atom stereocenters. The highest BCUT2D eigenvalue weighted by atomic mass is 16.6. The maximum atomic E-state index is 13.9. The molecule has 4 rings (SSSR count). The second-order valence-electron chi connectivity index (χ2n) is 11.7. The molecular formula is C32H42N2O6. The van der Waals surface area contributed by atoms with Gasteiger partial charge >= 0.3 is 11.9 Å². The van der Waals surface area contributed by atoms with Gasteiger partial charge in [-0.2, -0.15) is 0 Å². The number of carbonyl (C=O) groups excluding carboxylic acids is 3. The predicted molar refractivity (Wildman–Crippen MR) is 153 cm³/mol. The number of amides is 1. The molecule has 1 heterocycles. The molecule has 1 fully saturated rings. The number of carbonyl (C=O) groups is 3. The van der Waals surface area contributed by atoms with Crippen LogP contribution in [-0.4, -0.2) is 48.7 Å². The summed E-state index contributed by atoms with van der Waals surface area (Å²) in [5, 5.41) is 3.26. The van der Waals surface area contributed by atoms with Crippen molar-refractivity contribution in [3.05, 3.63) is 60.2 Å². The zero-order chi connectivity index (χ0) is 28.5.